The van der Waals surface area contributed by atoms with E-state index < -0.39 is 0 Å². The van der Waals surface area contributed by atoms with E-state index in [2.05, 4.69) is 43.4 Å². The molecule has 1 unspecified atom stereocenters. The van der Waals surface area contributed by atoms with E-state index in [9.17, 15) is 0 Å². The lowest BCUT2D eigenvalue weighted by atomic mass is 10.0. The van der Waals surface area contributed by atoms with Crippen molar-refractivity contribution in [3.8, 4) is 5.75 Å². The molecule has 0 amide bonds. The Kier molecular flexibility index (Phi) is 5.66. The summed E-state index contributed by atoms with van der Waals surface area (Å²) in [6.07, 6.45) is 0.988. The third-order valence-corrected chi connectivity index (χ3v) is 3.86. The fourth-order valence-corrected chi connectivity index (χ4v) is 2.57. The highest BCUT2D eigenvalue weighted by Crippen LogP contribution is 2.18. The van der Waals surface area contributed by atoms with Crippen LogP contribution in [0.1, 0.15) is 31.0 Å². The van der Waals surface area contributed by atoms with Gasteiger partial charge in [-0.15, -0.1) is 0 Å². The summed E-state index contributed by atoms with van der Waals surface area (Å²) in [6, 6.07) is 16.9. The van der Waals surface area contributed by atoms with Crippen LogP contribution in [0.4, 0.5) is 0 Å². The van der Waals surface area contributed by atoms with Crippen LogP contribution in [-0.2, 0) is 6.42 Å². The Labute approximate surface area is 132 Å². The summed E-state index contributed by atoms with van der Waals surface area (Å²) >= 11 is 5.92. The van der Waals surface area contributed by atoms with Crippen LogP contribution in [0.25, 0.3) is 0 Å². The molecule has 0 saturated carbocycles. The number of methoxy groups -OCH3 is 1. The lowest BCUT2D eigenvalue weighted by Gasteiger charge is -2.20. The summed E-state index contributed by atoms with van der Waals surface area (Å²) in [7, 11) is 1.69. The zero-order valence-electron chi connectivity index (χ0n) is 12.8. The van der Waals surface area contributed by atoms with Gasteiger partial charge < -0.3 is 10.1 Å². The van der Waals surface area contributed by atoms with Gasteiger partial charge in [0.15, 0.2) is 0 Å². The van der Waals surface area contributed by atoms with E-state index in [4.69, 9.17) is 16.3 Å². The summed E-state index contributed by atoms with van der Waals surface area (Å²) in [4.78, 5) is 0. The zero-order valence-corrected chi connectivity index (χ0v) is 13.5. The van der Waals surface area contributed by atoms with Gasteiger partial charge in [-0.25, -0.2) is 0 Å². The van der Waals surface area contributed by atoms with Crippen LogP contribution in [0, 0.1) is 0 Å². The molecule has 0 aromatic heterocycles. The second-order valence-electron chi connectivity index (χ2n) is 5.39. The number of benzene rings is 2. The SMILES string of the molecule is COc1ccc(CC(C)N[C@H](C)c2ccc(Cl)cc2)cc1. The largest absolute Gasteiger partial charge is 0.497 e. The molecule has 21 heavy (non-hydrogen) atoms. The summed E-state index contributed by atoms with van der Waals surface area (Å²) < 4.78 is 5.18. The fourth-order valence-electron chi connectivity index (χ4n) is 2.45. The Morgan fingerprint density at radius 1 is 1.00 bits per heavy atom. The number of hydrogen-bond acceptors (Lipinski definition) is 2. The number of nitrogens with one attached hydrogen (secondary N) is 1. The molecule has 2 nitrogen and oxygen atoms in total. The van der Waals surface area contributed by atoms with E-state index >= 15 is 0 Å². The van der Waals surface area contributed by atoms with Gasteiger partial charge in [0.1, 0.15) is 5.75 Å². The van der Waals surface area contributed by atoms with Crippen molar-refractivity contribution < 1.29 is 4.74 Å². The van der Waals surface area contributed by atoms with Gasteiger partial charge in [-0.1, -0.05) is 35.9 Å². The highest BCUT2D eigenvalue weighted by atomic mass is 35.5. The molecule has 2 atom stereocenters. The van der Waals surface area contributed by atoms with Crippen molar-refractivity contribution in [2.75, 3.05) is 7.11 Å². The summed E-state index contributed by atoms with van der Waals surface area (Å²) in [5.41, 5.74) is 2.56. The normalized spacial score (nSPS) is 13.7. The highest BCUT2D eigenvalue weighted by molar-refractivity contribution is 6.30. The Morgan fingerprint density at radius 3 is 2.19 bits per heavy atom. The van der Waals surface area contributed by atoms with Gasteiger partial charge in [-0.3, -0.25) is 0 Å². The number of ether oxygens (including phenoxy) is 1. The second kappa shape index (κ2) is 7.48. The van der Waals surface area contributed by atoms with E-state index in [0.717, 1.165) is 17.2 Å². The quantitative estimate of drug-likeness (QED) is 0.840. The van der Waals surface area contributed by atoms with Crippen LogP contribution in [0.3, 0.4) is 0 Å². The lowest BCUT2D eigenvalue weighted by Crippen LogP contribution is -2.30. The van der Waals surface area contributed by atoms with Gasteiger partial charge in [0.2, 0.25) is 0 Å². The summed E-state index contributed by atoms with van der Waals surface area (Å²) in [6.45, 7) is 4.38. The topological polar surface area (TPSA) is 21.3 Å². The first-order valence-corrected chi connectivity index (χ1v) is 7.60. The van der Waals surface area contributed by atoms with Crippen LogP contribution in [0.15, 0.2) is 48.5 Å². The minimum atomic E-state index is 0.301. The van der Waals surface area contributed by atoms with Crippen molar-refractivity contribution in [3.05, 3.63) is 64.7 Å². The van der Waals surface area contributed by atoms with Crippen molar-refractivity contribution in [1.29, 1.82) is 0 Å². The van der Waals surface area contributed by atoms with E-state index in [1.807, 2.05) is 24.3 Å². The van der Waals surface area contributed by atoms with E-state index in [0.29, 0.717) is 12.1 Å². The summed E-state index contributed by atoms with van der Waals surface area (Å²) in [5.74, 6) is 0.897. The van der Waals surface area contributed by atoms with Crippen LogP contribution < -0.4 is 10.1 Å². The van der Waals surface area contributed by atoms with Gasteiger partial charge in [0.25, 0.3) is 0 Å². The Hall–Kier alpha value is -1.51. The molecular formula is C18H22ClNO. The first-order chi connectivity index (χ1) is 10.1. The maximum atomic E-state index is 5.92. The standard InChI is InChI=1S/C18H22ClNO/c1-13(12-15-4-10-18(21-3)11-5-15)20-14(2)16-6-8-17(19)9-7-16/h4-11,13-14,20H,12H2,1-3H3/t13?,14-/m1/s1. The second-order valence-corrected chi connectivity index (χ2v) is 5.83. The molecule has 0 aliphatic rings. The third kappa shape index (κ3) is 4.76. The van der Waals surface area contributed by atoms with E-state index in [1.165, 1.54) is 11.1 Å². The predicted molar refractivity (Wildman–Crippen MR) is 89.2 cm³/mol. The van der Waals surface area contributed by atoms with Crippen LogP contribution in [0.5, 0.6) is 5.75 Å². The third-order valence-electron chi connectivity index (χ3n) is 3.61. The molecule has 2 rings (SSSR count). The number of halogens is 1. The predicted octanol–water partition coefficient (Wildman–Crippen LogP) is 4.63. The molecule has 0 aliphatic heterocycles. The molecule has 2 aromatic rings. The minimum absolute atomic E-state index is 0.301. The molecule has 0 bridgehead atoms. The average Bonchev–Trinajstić information content (AvgIpc) is 2.48. The van der Waals surface area contributed by atoms with Crippen molar-refractivity contribution >= 4 is 11.6 Å². The molecule has 0 radical (unpaired) electrons. The number of rotatable bonds is 6. The van der Waals surface area contributed by atoms with Crippen molar-refractivity contribution in [1.82, 2.24) is 5.32 Å². The Morgan fingerprint density at radius 2 is 1.62 bits per heavy atom. The Bertz CT molecular complexity index is 550. The fraction of sp³-hybridized carbons (Fsp3) is 0.333. The monoisotopic (exact) mass is 303 g/mol. The molecule has 112 valence electrons. The minimum Gasteiger partial charge on any atom is -0.497 e. The van der Waals surface area contributed by atoms with Crippen molar-refractivity contribution in [2.45, 2.75) is 32.4 Å². The summed E-state index contributed by atoms with van der Waals surface area (Å²) in [5, 5.41) is 4.39. The van der Waals surface area contributed by atoms with Crippen LogP contribution in [-0.4, -0.2) is 13.2 Å². The lowest BCUT2D eigenvalue weighted by molar-refractivity contribution is 0.414. The van der Waals surface area contributed by atoms with Gasteiger partial charge in [-0.05, 0) is 55.7 Å². The van der Waals surface area contributed by atoms with E-state index in [-0.39, 0.29) is 0 Å². The average molecular weight is 304 g/mol. The zero-order chi connectivity index (χ0) is 15.2. The van der Waals surface area contributed by atoms with Crippen molar-refractivity contribution in [2.24, 2.45) is 0 Å². The molecular weight excluding hydrogens is 282 g/mol. The Balaban J connectivity index is 1.91. The molecule has 0 fully saturated rings. The molecule has 1 N–H and O–H groups in total. The van der Waals surface area contributed by atoms with Gasteiger partial charge >= 0.3 is 0 Å². The molecule has 2 aromatic carbocycles. The first-order valence-electron chi connectivity index (χ1n) is 7.23. The van der Waals surface area contributed by atoms with Crippen LogP contribution in [0.2, 0.25) is 5.02 Å². The maximum absolute atomic E-state index is 5.92. The molecule has 0 aliphatic carbocycles. The first kappa shape index (κ1) is 15.9. The molecule has 0 heterocycles. The van der Waals surface area contributed by atoms with Crippen LogP contribution >= 0.6 is 11.6 Å². The molecule has 0 saturated heterocycles. The smallest absolute Gasteiger partial charge is 0.118 e. The maximum Gasteiger partial charge on any atom is 0.118 e. The van der Waals surface area contributed by atoms with Crippen molar-refractivity contribution in [3.63, 3.8) is 0 Å². The van der Waals surface area contributed by atoms with E-state index in [1.54, 1.807) is 7.11 Å². The van der Waals surface area contributed by atoms with Gasteiger partial charge in [-0.2, -0.15) is 0 Å². The van der Waals surface area contributed by atoms with Gasteiger partial charge in [0.05, 0.1) is 7.11 Å². The molecule has 3 heteroatoms. The van der Waals surface area contributed by atoms with Gasteiger partial charge in [0, 0.05) is 17.1 Å². The number of hydrogen-bond donors (Lipinski definition) is 1. The molecule has 0 spiro atoms. The highest BCUT2D eigenvalue weighted by Gasteiger charge is 2.10.